The zero-order valence-electron chi connectivity index (χ0n) is 9.27. The average molecular weight is 211 g/mol. The van der Waals surface area contributed by atoms with Gasteiger partial charge in [-0.2, -0.15) is 5.10 Å². The molecule has 2 atom stereocenters. The van der Waals surface area contributed by atoms with Crippen LogP contribution in [0.1, 0.15) is 32.0 Å². The molecule has 0 saturated carbocycles. The number of carbonyl (C=O) groups is 1. The first-order valence-corrected chi connectivity index (χ1v) is 4.87. The number of hydrogen-bond acceptors (Lipinski definition) is 3. The monoisotopic (exact) mass is 211 g/mol. The molecule has 0 aliphatic heterocycles. The maximum atomic E-state index is 10.8. The van der Waals surface area contributed by atoms with E-state index < -0.39 is 11.5 Å². The molecule has 1 aromatic heterocycles. The van der Waals surface area contributed by atoms with Crippen molar-refractivity contribution in [2.75, 3.05) is 0 Å². The smallest absolute Gasteiger partial charge is 0.323 e. The second-order valence-corrected chi connectivity index (χ2v) is 4.21. The highest BCUT2D eigenvalue weighted by Gasteiger charge is 2.30. The molecule has 1 heterocycles. The Morgan fingerprint density at radius 2 is 2.40 bits per heavy atom. The van der Waals surface area contributed by atoms with Gasteiger partial charge in [-0.1, -0.05) is 0 Å². The molecule has 0 aromatic carbocycles. The topological polar surface area (TPSA) is 81.1 Å². The zero-order chi connectivity index (χ0) is 11.6. The minimum atomic E-state index is -1.21. The number of aryl methyl sites for hydroxylation is 1. The van der Waals surface area contributed by atoms with Crippen LogP contribution in [0.15, 0.2) is 12.3 Å². The van der Waals surface area contributed by atoms with Gasteiger partial charge < -0.3 is 10.8 Å². The summed E-state index contributed by atoms with van der Waals surface area (Å²) in [4.78, 5) is 10.8. The van der Waals surface area contributed by atoms with Gasteiger partial charge in [-0.05, 0) is 33.3 Å². The molecule has 84 valence electrons. The molecule has 0 radical (unpaired) electrons. The number of carboxylic acid groups (broad SMARTS) is 1. The minimum absolute atomic E-state index is 0.0233. The molecule has 0 aliphatic rings. The molecule has 0 spiro atoms. The molecule has 0 amide bonds. The Bertz CT molecular complexity index is 357. The number of carboxylic acids is 1. The maximum Gasteiger partial charge on any atom is 0.323 e. The third-order valence-corrected chi connectivity index (χ3v) is 2.40. The van der Waals surface area contributed by atoms with E-state index in [0.717, 1.165) is 5.69 Å². The highest BCUT2D eigenvalue weighted by Crippen LogP contribution is 2.18. The van der Waals surface area contributed by atoms with Crippen LogP contribution in [0, 0.1) is 6.92 Å². The Morgan fingerprint density at radius 1 is 1.80 bits per heavy atom. The van der Waals surface area contributed by atoms with Gasteiger partial charge in [0.15, 0.2) is 0 Å². The van der Waals surface area contributed by atoms with E-state index in [-0.39, 0.29) is 6.04 Å². The van der Waals surface area contributed by atoms with E-state index in [1.807, 2.05) is 26.1 Å². The number of aromatic nitrogens is 2. The van der Waals surface area contributed by atoms with Crippen LogP contribution in [-0.2, 0) is 4.79 Å². The summed E-state index contributed by atoms with van der Waals surface area (Å²) in [5, 5.41) is 13.1. The van der Waals surface area contributed by atoms with Crippen molar-refractivity contribution in [2.45, 2.75) is 38.8 Å². The predicted molar refractivity (Wildman–Crippen MR) is 56.5 cm³/mol. The van der Waals surface area contributed by atoms with E-state index >= 15 is 0 Å². The lowest BCUT2D eigenvalue weighted by atomic mass is 9.95. The molecule has 1 aromatic rings. The lowest BCUT2D eigenvalue weighted by Crippen LogP contribution is -2.46. The fraction of sp³-hybridized carbons (Fsp3) is 0.600. The predicted octanol–water partition coefficient (Wildman–Crippen LogP) is 0.945. The number of hydrogen-bond donors (Lipinski definition) is 2. The van der Waals surface area contributed by atoms with Gasteiger partial charge in [0.25, 0.3) is 0 Å². The first-order chi connectivity index (χ1) is 6.83. The lowest BCUT2D eigenvalue weighted by molar-refractivity contribution is -0.143. The summed E-state index contributed by atoms with van der Waals surface area (Å²) in [6.07, 6.45) is 2.18. The molecule has 0 saturated heterocycles. The van der Waals surface area contributed by atoms with E-state index in [1.54, 1.807) is 4.68 Å². The van der Waals surface area contributed by atoms with Crippen LogP contribution in [0.4, 0.5) is 0 Å². The van der Waals surface area contributed by atoms with Gasteiger partial charge in [-0.3, -0.25) is 9.48 Å². The highest BCUT2D eigenvalue weighted by molar-refractivity contribution is 5.77. The van der Waals surface area contributed by atoms with E-state index in [2.05, 4.69) is 5.10 Å². The molecule has 0 fully saturated rings. The number of rotatable bonds is 4. The van der Waals surface area contributed by atoms with Crippen LogP contribution < -0.4 is 5.73 Å². The van der Waals surface area contributed by atoms with Gasteiger partial charge in [0.05, 0.1) is 11.7 Å². The van der Waals surface area contributed by atoms with Crippen LogP contribution >= 0.6 is 0 Å². The van der Waals surface area contributed by atoms with Crippen LogP contribution in [-0.4, -0.2) is 26.4 Å². The Labute approximate surface area is 88.9 Å². The number of nitrogens with two attached hydrogens (primary N) is 1. The van der Waals surface area contributed by atoms with E-state index in [4.69, 9.17) is 10.8 Å². The standard InChI is InChI=1S/C10H17N3O2/c1-7-4-5-13(12-7)8(2)6-10(3,11)9(14)15/h4-5,8H,6,11H2,1-3H3,(H,14,15). The Balaban J connectivity index is 2.71. The highest BCUT2D eigenvalue weighted by atomic mass is 16.4. The third kappa shape index (κ3) is 2.79. The lowest BCUT2D eigenvalue weighted by Gasteiger charge is -2.23. The van der Waals surface area contributed by atoms with Crippen molar-refractivity contribution in [3.8, 4) is 0 Å². The normalized spacial score (nSPS) is 17.1. The maximum absolute atomic E-state index is 10.8. The van der Waals surface area contributed by atoms with Gasteiger partial charge in [-0.25, -0.2) is 0 Å². The quantitative estimate of drug-likeness (QED) is 0.776. The van der Waals surface area contributed by atoms with E-state index in [1.165, 1.54) is 6.92 Å². The first kappa shape index (κ1) is 11.7. The van der Waals surface area contributed by atoms with Crippen LogP contribution in [0.2, 0.25) is 0 Å². The molecule has 0 bridgehead atoms. The summed E-state index contributed by atoms with van der Waals surface area (Å²) in [7, 11) is 0. The Hall–Kier alpha value is -1.36. The van der Waals surface area contributed by atoms with Crippen molar-refractivity contribution in [3.05, 3.63) is 18.0 Å². The summed E-state index contributed by atoms with van der Waals surface area (Å²) in [5.41, 5.74) is 5.37. The minimum Gasteiger partial charge on any atom is -0.480 e. The first-order valence-electron chi connectivity index (χ1n) is 4.87. The second-order valence-electron chi connectivity index (χ2n) is 4.21. The van der Waals surface area contributed by atoms with Crippen LogP contribution in [0.5, 0.6) is 0 Å². The van der Waals surface area contributed by atoms with Gasteiger partial charge in [0, 0.05) is 6.20 Å². The molecule has 15 heavy (non-hydrogen) atoms. The fourth-order valence-corrected chi connectivity index (χ4v) is 1.47. The Morgan fingerprint density at radius 3 is 2.80 bits per heavy atom. The molecule has 2 unspecified atom stereocenters. The summed E-state index contributed by atoms with van der Waals surface area (Å²) in [6, 6.07) is 1.86. The van der Waals surface area contributed by atoms with Crippen molar-refractivity contribution in [2.24, 2.45) is 5.73 Å². The zero-order valence-corrected chi connectivity index (χ0v) is 9.27. The van der Waals surface area contributed by atoms with Crippen LogP contribution in [0.25, 0.3) is 0 Å². The van der Waals surface area contributed by atoms with Crippen molar-refractivity contribution in [3.63, 3.8) is 0 Å². The SMILES string of the molecule is Cc1ccn(C(C)CC(C)(N)C(=O)O)n1. The third-order valence-electron chi connectivity index (χ3n) is 2.40. The van der Waals surface area contributed by atoms with Crippen molar-refractivity contribution < 1.29 is 9.90 Å². The summed E-state index contributed by atoms with van der Waals surface area (Å²) in [5.74, 6) is -0.988. The fourth-order valence-electron chi connectivity index (χ4n) is 1.47. The summed E-state index contributed by atoms with van der Waals surface area (Å²) >= 11 is 0. The molecule has 0 aliphatic carbocycles. The van der Waals surface area contributed by atoms with Gasteiger partial charge >= 0.3 is 5.97 Å². The molecule has 3 N–H and O–H groups in total. The second kappa shape index (κ2) is 4.02. The molecule has 5 nitrogen and oxygen atoms in total. The van der Waals surface area contributed by atoms with Crippen LogP contribution in [0.3, 0.4) is 0 Å². The molecule has 5 heteroatoms. The van der Waals surface area contributed by atoms with Crippen molar-refractivity contribution in [1.82, 2.24) is 9.78 Å². The van der Waals surface area contributed by atoms with Crippen molar-refractivity contribution >= 4 is 5.97 Å². The average Bonchev–Trinajstić information content (AvgIpc) is 2.50. The Kier molecular flexibility index (Phi) is 3.14. The summed E-state index contributed by atoms with van der Waals surface area (Å²) in [6.45, 7) is 5.31. The molecular formula is C10H17N3O2. The van der Waals surface area contributed by atoms with Crippen molar-refractivity contribution in [1.29, 1.82) is 0 Å². The summed E-state index contributed by atoms with van der Waals surface area (Å²) < 4.78 is 1.74. The van der Waals surface area contributed by atoms with Gasteiger partial charge in [0.1, 0.15) is 5.54 Å². The largest absolute Gasteiger partial charge is 0.480 e. The number of aliphatic carboxylic acids is 1. The molecular weight excluding hydrogens is 194 g/mol. The molecule has 1 rings (SSSR count). The van der Waals surface area contributed by atoms with E-state index in [9.17, 15) is 4.79 Å². The van der Waals surface area contributed by atoms with Gasteiger partial charge in [-0.15, -0.1) is 0 Å². The van der Waals surface area contributed by atoms with Gasteiger partial charge in [0.2, 0.25) is 0 Å². The number of nitrogens with zero attached hydrogens (tertiary/aromatic N) is 2. The van der Waals surface area contributed by atoms with E-state index in [0.29, 0.717) is 6.42 Å².